The van der Waals surface area contributed by atoms with Crippen LogP contribution in [0.4, 0.5) is 5.13 Å². The van der Waals surface area contributed by atoms with Crippen molar-refractivity contribution in [3.8, 4) is 0 Å². The van der Waals surface area contributed by atoms with Crippen LogP contribution in [-0.4, -0.2) is 24.3 Å². The number of pyridine rings is 1. The van der Waals surface area contributed by atoms with Crippen LogP contribution in [0.2, 0.25) is 0 Å². The van der Waals surface area contributed by atoms with E-state index in [9.17, 15) is 13.2 Å². The van der Waals surface area contributed by atoms with Gasteiger partial charge in [-0.3, -0.25) is 15.1 Å². The van der Waals surface area contributed by atoms with Gasteiger partial charge in [-0.05, 0) is 19.1 Å². The molecule has 100 valence electrons. The van der Waals surface area contributed by atoms with E-state index in [4.69, 9.17) is 10.7 Å². The molecule has 0 fully saturated rings. The maximum Gasteiger partial charge on any atom is 0.272 e. The smallest absolute Gasteiger partial charge is 0.272 e. The first-order chi connectivity index (χ1) is 8.88. The summed E-state index contributed by atoms with van der Waals surface area (Å²) in [7, 11) is 1.41. The quantitative estimate of drug-likeness (QED) is 0.875. The zero-order valence-electron chi connectivity index (χ0n) is 9.62. The number of amides is 1. The first-order valence-corrected chi connectivity index (χ1v) is 8.14. The number of carbonyl (C=O) groups is 1. The fourth-order valence-corrected chi connectivity index (χ4v) is 3.68. The fraction of sp³-hybridized carbons (Fsp3) is 0.100. The van der Waals surface area contributed by atoms with E-state index >= 15 is 0 Å². The van der Waals surface area contributed by atoms with Crippen molar-refractivity contribution in [2.24, 2.45) is 0 Å². The summed E-state index contributed by atoms with van der Waals surface area (Å²) in [6.07, 6.45) is 2.97. The minimum atomic E-state index is -3.85. The normalized spacial score (nSPS) is 11.3. The molecule has 0 saturated carbocycles. The summed E-state index contributed by atoms with van der Waals surface area (Å²) in [5, 5.41) is 2.69. The lowest BCUT2D eigenvalue weighted by molar-refractivity contribution is 0.102. The first-order valence-electron chi connectivity index (χ1n) is 5.01. The number of anilines is 1. The van der Waals surface area contributed by atoms with Gasteiger partial charge in [0, 0.05) is 28.6 Å². The summed E-state index contributed by atoms with van der Waals surface area (Å²) in [5.74, 6) is -0.394. The maximum atomic E-state index is 11.8. The Labute approximate surface area is 117 Å². The van der Waals surface area contributed by atoms with Crippen LogP contribution in [0.3, 0.4) is 0 Å². The molecule has 0 unspecified atom stereocenters. The number of halogens is 1. The van der Waals surface area contributed by atoms with Crippen molar-refractivity contribution in [1.82, 2.24) is 9.97 Å². The van der Waals surface area contributed by atoms with E-state index in [1.54, 1.807) is 0 Å². The molecule has 2 aromatic rings. The Kier molecular flexibility index (Phi) is 3.83. The number of hydrogen-bond donors (Lipinski definition) is 1. The molecule has 2 heterocycles. The lowest BCUT2D eigenvalue weighted by Crippen LogP contribution is -2.11. The van der Waals surface area contributed by atoms with Crippen LogP contribution in [0.15, 0.2) is 28.7 Å². The SMILES string of the molecule is Cc1nc(NC(=O)c2ccncc2)sc1S(=O)(=O)Cl. The van der Waals surface area contributed by atoms with Crippen LogP contribution >= 0.6 is 22.0 Å². The van der Waals surface area contributed by atoms with Crippen molar-refractivity contribution < 1.29 is 13.2 Å². The van der Waals surface area contributed by atoms with Gasteiger partial charge in [0.05, 0.1) is 5.69 Å². The molecule has 0 aromatic carbocycles. The van der Waals surface area contributed by atoms with Crippen LogP contribution in [-0.2, 0) is 9.05 Å². The number of aryl methyl sites for hydroxylation is 1. The summed E-state index contributed by atoms with van der Waals surface area (Å²) in [6, 6.07) is 3.07. The van der Waals surface area contributed by atoms with Crippen LogP contribution in [0.1, 0.15) is 16.1 Å². The third-order valence-electron chi connectivity index (χ3n) is 2.14. The Morgan fingerprint density at radius 2 is 2.00 bits per heavy atom. The Morgan fingerprint density at radius 3 is 2.53 bits per heavy atom. The molecule has 0 bridgehead atoms. The van der Waals surface area contributed by atoms with Crippen LogP contribution in [0, 0.1) is 6.92 Å². The topological polar surface area (TPSA) is 89.0 Å². The number of aromatic nitrogens is 2. The second-order valence-electron chi connectivity index (χ2n) is 3.52. The zero-order chi connectivity index (χ0) is 14.0. The lowest BCUT2D eigenvalue weighted by Gasteiger charge is -1.99. The van der Waals surface area contributed by atoms with Gasteiger partial charge in [0.2, 0.25) is 0 Å². The van der Waals surface area contributed by atoms with Crippen molar-refractivity contribution >= 4 is 42.1 Å². The fourth-order valence-electron chi connectivity index (χ4n) is 1.33. The molecule has 1 N–H and O–H groups in total. The minimum absolute atomic E-state index is 0.0702. The zero-order valence-corrected chi connectivity index (χ0v) is 12.0. The molecular formula is C10H8ClN3O3S2. The molecular weight excluding hydrogens is 310 g/mol. The van der Waals surface area contributed by atoms with E-state index in [1.165, 1.54) is 31.5 Å². The van der Waals surface area contributed by atoms with Crippen LogP contribution in [0.25, 0.3) is 0 Å². The summed E-state index contributed by atoms with van der Waals surface area (Å²) >= 11 is 0.811. The number of thiazole rings is 1. The Balaban J connectivity index is 2.24. The Hall–Kier alpha value is -1.51. The highest BCUT2D eigenvalue weighted by Gasteiger charge is 2.20. The molecule has 0 aliphatic carbocycles. The van der Waals surface area contributed by atoms with E-state index in [1.807, 2.05) is 0 Å². The van der Waals surface area contributed by atoms with Gasteiger partial charge in [-0.15, -0.1) is 0 Å². The van der Waals surface area contributed by atoms with E-state index in [0.29, 0.717) is 5.56 Å². The third kappa shape index (κ3) is 3.28. The monoisotopic (exact) mass is 317 g/mol. The van der Waals surface area contributed by atoms with E-state index in [2.05, 4.69) is 15.3 Å². The molecule has 0 saturated heterocycles. The van der Waals surface area contributed by atoms with Crippen molar-refractivity contribution in [3.05, 3.63) is 35.8 Å². The molecule has 0 aliphatic rings. The standard InChI is InChI=1S/C10H8ClN3O3S2/c1-6-9(19(11,16)17)18-10(13-6)14-8(15)7-2-4-12-5-3-7/h2-5H,1H3,(H,13,14,15). The van der Waals surface area contributed by atoms with Crippen molar-refractivity contribution in [3.63, 3.8) is 0 Å². The minimum Gasteiger partial charge on any atom is -0.298 e. The number of hydrogen-bond acceptors (Lipinski definition) is 6. The van der Waals surface area contributed by atoms with Crippen LogP contribution in [0.5, 0.6) is 0 Å². The molecule has 1 amide bonds. The van der Waals surface area contributed by atoms with Gasteiger partial charge >= 0.3 is 0 Å². The highest BCUT2D eigenvalue weighted by Crippen LogP contribution is 2.29. The second kappa shape index (κ2) is 5.24. The highest BCUT2D eigenvalue weighted by molar-refractivity contribution is 8.15. The second-order valence-corrected chi connectivity index (χ2v) is 7.28. The van der Waals surface area contributed by atoms with Crippen molar-refractivity contribution in [2.75, 3.05) is 5.32 Å². The van der Waals surface area contributed by atoms with Gasteiger partial charge in [0.25, 0.3) is 15.0 Å². The van der Waals surface area contributed by atoms with Gasteiger partial charge < -0.3 is 0 Å². The van der Waals surface area contributed by atoms with Crippen molar-refractivity contribution in [1.29, 1.82) is 0 Å². The molecule has 0 radical (unpaired) electrons. The molecule has 0 atom stereocenters. The summed E-state index contributed by atoms with van der Waals surface area (Å²) < 4.78 is 22.4. The number of rotatable bonds is 3. The molecule has 2 rings (SSSR count). The summed E-state index contributed by atoms with van der Waals surface area (Å²) in [5.41, 5.74) is 0.656. The van der Waals surface area contributed by atoms with E-state index in [-0.39, 0.29) is 15.0 Å². The van der Waals surface area contributed by atoms with Gasteiger partial charge in [0.1, 0.15) is 0 Å². The predicted octanol–water partition coefficient (Wildman–Crippen LogP) is 2.03. The first kappa shape index (κ1) is 13.9. The molecule has 0 aliphatic heterocycles. The average Bonchev–Trinajstić information content (AvgIpc) is 2.71. The Morgan fingerprint density at radius 1 is 1.37 bits per heavy atom. The lowest BCUT2D eigenvalue weighted by atomic mass is 10.2. The maximum absolute atomic E-state index is 11.8. The van der Waals surface area contributed by atoms with Gasteiger partial charge in [-0.2, -0.15) is 0 Å². The molecule has 2 aromatic heterocycles. The van der Waals surface area contributed by atoms with Gasteiger partial charge in [0.15, 0.2) is 9.34 Å². The molecule has 0 spiro atoms. The summed E-state index contributed by atoms with van der Waals surface area (Å²) in [4.78, 5) is 19.6. The highest BCUT2D eigenvalue weighted by atomic mass is 35.7. The third-order valence-corrected chi connectivity index (χ3v) is 5.39. The van der Waals surface area contributed by atoms with Crippen molar-refractivity contribution in [2.45, 2.75) is 11.1 Å². The van der Waals surface area contributed by atoms with E-state index in [0.717, 1.165) is 11.3 Å². The number of nitrogens with one attached hydrogen (secondary N) is 1. The number of carbonyl (C=O) groups excluding carboxylic acids is 1. The molecule has 19 heavy (non-hydrogen) atoms. The van der Waals surface area contributed by atoms with Gasteiger partial charge in [-0.25, -0.2) is 13.4 Å². The van der Waals surface area contributed by atoms with E-state index < -0.39 is 15.0 Å². The summed E-state index contributed by atoms with van der Waals surface area (Å²) in [6.45, 7) is 1.51. The van der Waals surface area contributed by atoms with Crippen LogP contribution < -0.4 is 5.32 Å². The van der Waals surface area contributed by atoms with Gasteiger partial charge in [-0.1, -0.05) is 11.3 Å². The number of nitrogens with zero attached hydrogens (tertiary/aromatic N) is 2. The average molecular weight is 318 g/mol. The molecule has 6 nitrogen and oxygen atoms in total. The Bertz CT molecular complexity index is 713. The predicted molar refractivity (Wildman–Crippen MR) is 72.1 cm³/mol. The molecule has 9 heteroatoms. The largest absolute Gasteiger partial charge is 0.298 e.